The number of hydrogen-bond donors (Lipinski definition) is 7. The van der Waals surface area contributed by atoms with Crippen LogP contribution < -0.4 is 43.2 Å². The quantitative estimate of drug-likeness (QED) is 0.0349. The zero-order valence-electron chi connectivity index (χ0n) is 70.2. The van der Waals surface area contributed by atoms with Crippen LogP contribution in [0.1, 0.15) is 122 Å². The second-order valence-electron chi connectivity index (χ2n) is 33.3. The Bertz CT molecular complexity index is 6230. The number of ether oxygens (including phenoxy) is 1. The van der Waals surface area contributed by atoms with Crippen LogP contribution in [0.2, 0.25) is 0 Å². The number of nitrogens with two attached hydrogens (primary N) is 3. The Kier molecular flexibility index (Phi) is 25.5. The highest BCUT2D eigenvalue weighted by Crippen LogP contribution is 2.40. The first kappa shape index (κ1) is 85.2. The molecule has 7 amide bonds. The minimum atomic E-state index is -0.346. The Morgan fingerprint density at radius 2 is 0.806 bits per heavy atom. The maximum Gasteiger partial charge on any atom is 0.323 e. The lowest BCUT2D eigenvalue weighted by molar-refractivity contribution is -0.129. The molecule has 12 aromatic rings. The molecular formula is C92H96N26O6. The number of pyridine rings is 1. The van der Waals surface area contributed by atoms with Crippen LogP contribution in [0, 0.1) is 50.3 Å². The van der Waals surface area contributed by atoms with Gasteiger partial charge in [0.1, 0.15) is 59.3 Å². The molecule has 630 valence electrons. The fourth-order valence-electron chi connectivity index (χ4n) is 15.3. The van der Waals surface area contributed by atoms with Gasteiger partial charge in [-0.1, -0.05) is 127 Å². The van der Waals surface area contributed by atoms with Crippen molar-refractivity contribution < 1.29 is 28.7 Å². The predicted octanol–water partition coefficient (Wildman–Crippen LogP) is 16.7. The lowest BCUT2D eigenvalue weighted by atomic mass is 9.95. The summed E-state index contributed by atoms with van der Waals surface area (Å²) in [4.78, 5) is 111. The van der Waals surface area contributed by atoms with Crippen LogP contribution in [0.25, 0.3) is 81.4 Å². The van der Waals surface area contributed by atoms with E-state index in [4.69, 9.17) is 57.0 Å². The zero-order valence-corrected chi connectivity index (χ0v) is 70.2. The summed E-state index contributed by atoms with van der Waals surface area (Å²) >= 11 is 0. The summed E-state index contributed by atoms with van der Waals surface area (Å²) in [7, 11) is 0. The highest BCUT2D eigenvalue weighted by atomic mass is 16.5. The smallest absolute Gasteiger partial charge is 0.323 e. The van der Waals surface area contributed by atoms with Gasteiger partial charge >= 0.3 is 12.1 Å². The number of piperidine rings is 3. The number of para-hydroxylation sites is 1. The molecule has 4 aliphatic rings. The summed E-state index contributed by atoms with van der Waals surface area (Å²) in [6, 6.07) is 41.8. The van der Waals surface area contributed by atoms with Crippen molar-refractivity contribution in [2.24, 2.45) is 16.7 Å². The van der Waals surface area contributed by atoms with Crippen molar-refractivity contribution in [2.45, 2.75) is 125 Å². The molecule has 1 saturated carbocycles. The number of rotatable bonds is 16. The van der Waals surface area contributed by atoms with Crippen molar-refractivity contribution in [3.8, 4) is 45.4 Å². The minimum Gasteiger partial charge on any atom is -0.439 e. The Labute approximate surface area is 717 Å². The molecule has 32 nitrogen and oxygen atoms in total. The normalized spacial score (nSPS) is 16.3. The molecular weight excluding hydrogens is 1570 g/mol. The van der Waals surface area contributed by atoms with E-state index in [1.165, 1.54) is 19.0 Å². The first-order valence-electron chi connectivity index (χ1n) is 41.0. The summed E-state index contributed by atoms with van der Waals surface area (Å²) in [6.45, 7) is 41.4. The van der Waals surface area contributed by atoms with E-state index in [0.717, 1.165) is 79.2 Å². The Morgan fingerprint density at radius 3 is 1.16 bits per heavy atom. The highest BCUT2D eigenvalue weighted by molar-refractivity contribution is 6.04. The average Bonchev–Trinajstić information content (AvgIpc) is 1.62. The van der Waals surface area contributed by atoms with E-state index < -0.39 is 0 Å². The van der Waals surface area contributed by atoms with Crippen LogP contribution in [0.5, 0.6) is 11.6 Å². The Morgan fingerprint density at radius 1 is 0.435 bits per heavy atom. The number of carbonyl (C=O) groups excluding carboxylic acids is 5. The molecule has 4 fully saturated rings. The molecule has 5 aromatic carbocycles. The largest absolute Gasteiger partial charge is 0.439 e. The molecule has 1 aliphatic carbocycles. The number of aromatic nitrogens is 13. The molecule has 32 heteroatoms. The number of fused-ring (bicyclic) bond motifs is 3. The molecule has 0 unspecified atom stereocenters. The Hall–Kier alpha value is -15.3. The van der Waals surface area contributed by atoms with Gasteiger partial charge in [-0.2, -0.15) is 15.3 Å². The number of aryl methyl sites for hydroxylation is 2. The van der Waals surface area contributed by atoms with E-state index in [-0.39, 0.29) is 75.8 Å². The SMILES string of the molecule is [C-]#[N+]/C(=C\C(C)(C)C)C(=O)N1CCC[C@@H](n2nc(-c3ccc(NC(=O)Nc4cccc(C)c4)cc3)c3c(N)ncnc32)C1.[C-]#[N+]/C(=C\C(C)(C)C)C(=O)N1CCC[C@@H](n2nc(-c3ccc(Oc4ccccc4)nc3)c3c(N)ncnc32)C1.[C-]#[N+]/C(=C\C1CC1)C(=O)N1CCC[C@@H](n2nc(-c3ccc(NC(=O)Nc4cccc(C)c4)cc3)c3c(N)ncnc32)C1. The van der Waals surface area contributed by atoms with Gasteiger partial charge in [-0.05, 0) is 160 Å². The third kappa shape index (κ3) is 20.4. The van der Waals surface area contributed by atoms with E-state index in [1.807, 2.05) is 185 Å². The van der Waals surface area contributed by atoms with E-state index in [2.05, 4.69) is 70.7 Å². The second-order valence-corrected chi connectivity index (χ2v) is 33.3. The van der Waals surface area contributed by atoms with Crippen LogP contribution in [-0.2, 0) is 14.4 Å². The molecule has 0 bridgehead atoms. The number of anilines is 7. The lowest BCUT2D eigenvalue weighted by Crippen LogP contribution is -2.41. The van der Waals surface area contributed by atoms with Gasteiger partial charge in [0.05, 0.1) is 54.0 Å². The molecule has 7 aromatic heterocycles. The third-order valence-electron chi connectivity index (χ3n) is 21.2. The highest BCUT2D eigenvalue weighted by Gasteiger charge is 2.36. The molecule has 3 atom stereocenters. The predicted molar refractivity (Wildman–Crippen MR) is 478 cm³/mol. The molecule has 0 radical (unpaired) electrons. The van der Waals surface area contributed by atoms with E-state index in [1.54, 1.807) is 63.4 Å². The number of nitrogens with zero attached hydrogens (tertiary/aromatic N) is 19. The summed E-state index contributed by atoms with van der Waals surface area (Å²) in [5.41, 5.74) is 29.6. The van der Waals surface area contributed by atoms with Gasteiger partial charge in [-0.3, -0.25) is 14.4 Å². The fraction of sp³-hybridized carbons (Fsp3) is 0.304. The van der Waals surface area contributed by atoms with Gasteiger partial charge in [-0.15, -0.1) is 0 Å². The van der Waals surface area contributed by atoms with Crippen molar-refractivity contribution in [3.63, 3.8) is 0 Å². The number of allylic oxidation sites excluding steroid dienone is 3. The van der Waals surface area contributed by atoms with Crippen LogP contribution in [0.15, 0.2) is 200 Å². The van der Waals surface area contributed by atoms with Crippen molar-refractivity contribution in [1.29, 1.82) is 0 Å². The van der Waals surface area contributed by atoms with Gasteiger partial charge < -0.3 is 57.9 Å². The number of nitrogens with one attached hydrogen (secondary N) is 4. The molecule has 16 rings (SSSR count). The van der Waals surface area contributed by atoms with Gasteiger partial charge in [0, 0.05) is 91.0 Å². The van der Waals surface area contributed by atoms with Crippen LogP contribution >= 0.6 is 0 Å². The van der Waals surface area contributed by atoms with Crippen molar-refractivity contribution >= 4 is 103 Å². The first-order valence-corrected chi connectivity index (χ1v) is 41.0. The third-order valence-corrected chi connectivity index (χ3v) is 21.2. The lowest BCUT2D eigenvalue weighted by Gasteiger charge is -2.33. The summed E-state index contributed by atoms with van der Waals surface area (Å²) in [5.74, 6) is 1.69. The molecule has 3 saturated heterocycles. The average molecular weight is 1660 g/mol. The molecule has 0 spiro atoms. The minimum absolute atomic E-state index is 0.131. The van der Waals surface area contributed by atoms with Gasteiger partial charge in [-0.25, -0.2) is 73.1 Å². The second kappa shape index (κ2) is 37.2. The molecule has 10 N–H and O–H groups in total. The number of likely N-dealkylation sites (tertiary alicyclic amines) is 3. The topological polar surface area (TPSA) is 387 Å². The summed E-state index contributed by atoms with van der Waals surface area (Å²) in [6.07, 6.45) is 18.0. The summed E-state index contributed by atoms with van der Waals surface area (Å²) < 4.78 is 11.3. The van der Waals surface area contributed by atoms with E-state index in [9.17, 15) is 24.0 Å². The van der Waals surface area contributed by atoms with Crippen LogP contribution in [0.3, 0.4) is 0 Å². The number of amides is 7. The number of carbonyl (C=O) groups is 5. The number of nitrogen functional groups attached to an aromatic ring is 3. The maximum absolute atomic E-state index is 13.3. The number of hydrogen-bond acceptors (Lipinski definition) is 19. The zero-order chi connectivity index (χ0) is 87.5. The van der Waals surface area contributed by atoms with Gasteiger partial charge in [0.2, 0.25) is 23.0 Å². The van der Waals surface area contributed by atoms with Crippen molar-refractivity contribution in [1.82, 2.24) is 78.9 Å². The fourth-order valence-corrected chi connectivity index (χ4v) is 15.3. The van der Waals surface area contributed by atoms with Gasteiger partial charge in [0.15, 0.2) is 16.9 Å². The maximum atomic E-state index is 13.3. The van der Waals surface area contributed by atoms with E-state index in [0.29, 0.717) is 147 Å². The first-order chi connectivity index (χ1) is 59.6. The molecule has 124 heavy (non-hydrogen) atoms. The van der Waals surface area contributed by atoms with E-state index >= 15 is 0 Å². The number of benzene rings is 5. The Balaban J connectivity index is 0.000000152. The van der Waals surface area contributed by atoms with Crippen molar-refractivity contribution in [2.75, 3.05) is 77.7 Å². The molecule has 10 heterocycles. The van der Waals surface area contributed by atoms with Crippen molar-refractivity contribution in [3.05, 3.63) is 245 Å². The van der Waals surface area contributed by atoms with Crippen LogP contribution in [-0.4, -0.2) is 148 Å². The van der Waals surface area contributed by atoms with Gasteiger partial charge in [0.25, 0.3) is 17.7 Å². The monoisotopic (exact) mass is 1660 g/mol. The number of urea groups is 2. The van der Waals surface area contributed by atoms with Crippen LogP contribution in [0.4, 0.5) is 49.8 Å². The summed E-state index contributed by atoms with van der Waals surface area (Å²) in [5, 5.41) is 28.1. The standard InChI is InChI=1S/C32H35N9O2.C31H31N9O2.C29H30N8O2/c1-20-8-6-9-23(16-20)38-31(43)37-22-13-11-21(12-14-22)27-26-28(33)35-19-36-29(26)41(39-27)24-10-7-15-40(18-24)30(42)25(34-5)17-32(2,3)4;1-19-5-3-6-23(15-19)37-31(42)36-22-12-10-21(11-13-22)27-26-28(32)34-18-35-29(26)40(38-27)24-7-4-14-39(17-24)30(41)25(33-2)16-20-8-9-20;1-29(2,3)15-22(31-4)28(38)36-14-8-9-20(17-36)37-27-24(26(30)33-18-34-27)25(35-37)19-12-13-23(32-16-19)39-21-10-6-5-7-11-21/h6,8-9,11-14,16-17,19,24H,7,10,15,18H2,1-4H3,(H2,33,35,36)(H2,37,38,43);3,5-6,10-13,15-16,18,20,24H,4,7-9,14,17H2,1H3,(H2,32,34,35)(H2,36,37,42);5-7,10-13,15-16,18,20H,8-9,14,17H2,1-3H3,(H2,30,33,34)/b25-17-;25-16-;22-15-/t2*24-;20-/m111/s1. The molecule has 3 aliphatic heterocycles.